The maximum absolute atomic E-state index is 5.85. The van der Waals surface area contributed by atoms with Gasteiger partial charge in [0.2, 0.25) is 0 Å². The van der Waals surface area contributed by atoms with Crippen LogP contribution in [0.5, 0.6) is 0 Å². The molecule has 2 fully saturated rings. The Balaban J connectivity index is 0.00000144. The van der Waals surface area contributed by atoms with E-state index in [1.807, 2.05) is 0 Å². The maximum Gasteiger partial charge on any atom is 0.188 e. The van der Waals surface area contributed by atoms with Gasteiger partial charge in [0.25, 0.3) is 0 Å². The van der Waals surface area contributed by atoms with Gasteiger partial charge in [0.15, 0.2) is 5.96 Å². The number of aliphatic imine (C=N–C) groups is 1. The van der Waals surface area contributed by atoms with Crippen LogP contribution in [-0.2, 0) is 4.74 Å². The predicted octanol–water partition coefficient (Wildman–Crippen LogP) is 1.88. The van der Waals surface area contributed by atoms with Crippen molar-refractivity contribution in [3.63, 3.8) is 0 Å². The summed E-state index contributed by atoms with van der Waals surface area (Å²) >= 11 is 0. The van der Waals surface area contributed by atoms with Crippen LogP contribution in [0.15, 0.2) is 4.99 Å². The Morgan fingerprint density at radius 1 is 1.29 bits per heavy atom. The Morgan fingerprint density at radius 2 is 2.06 bits per heavy atom. The highest BCUT2D eigenvalue weighted by molar-refractivity contribution is 14.0. The van der Waals surface area contributed by atoms with Gasteiger partial charge in [-0.2, -0.15) is 0 Å². The lowest BCUT2D eigenvalue weighted by molar-refractivity contribution is 0.184. The van der Waals surface area contributed by atoms with Gasteiger partial charge in [-0.1, -0.05) is 12.8 Å². The molecule has 0 spiro atoms. The van der Waals surface area contributed by atoms with Crippen LogP contribution < -0.4 is 11.1 Å². The van der Waals surface area contributed by atoms with Crippen molar-refractivity contribution in [2.45, 2.75) is 44.6 Å². The average molecular weight is 353 g/mol. The van der Waals surface area contributed by atoms with Crippen molar-refractivity contribution in [1.29, 1.82) is 0 Å². The van der Waals surface area contributed by atoms with Gasteiger partial charge in [0.1, 0.15) is 0 Å². The molecular formula is C12H24IN3O. The summed E-state index contributed by atoms with van der Waals surface area (Å²) in [7, 11) is 0. The Hall–Kier alpha value is -0.0400. The van der Waals surface area contributed by atoms with Gasteiger partial charge in [-0.3, -0.25) is 4.99 Å². The van der Waals surface area contributed by atoms with Crippen LogP contribution in [0.3, 0.4) is 0 Å². The first-order valence-corrected chi connectivity index (χ1v) is 6.49. The largest absolute Gasteiger partial charge is 0.381 e. The zero-order chi connectivity index (χ0) is 11.2. The first-order valence-electron chi connectivity index (χ1n) is 6.49. The van der Waals surface area contributed by atoms with Crippen molar-refractivity contribution in [1.82, 2.24) is 5.32 Å². The van der Waals surface area contributed by atoms with Crippen LogP contribution >= 0.6 is 24.0 Å². The molecule has 1 aliphatic heterocycles. The number of hydrogen-bond acceptors (Lipinski definition) is 2. The fourth-order valence-corrected chi connectivity index (χ4v) is 2.50. The highest BCUT2D eigenvalue weighted by Gasteiger charge is 2.16. The summed E-state index contributed by atoms with van der Waals surface area (Å²) in [6.45, 7) is 2.66. The zero-order valence-electron chi connectivity index (χ0n) is 10.4. The average Bonchev–Trinajstić information content (AvgIpc) is 2.90. The summed E-state index contributed by atoms with van der Waals surface area (Å²) in [6, 6.07) is 0.568. The molecule has 0 radical (unpaired) electrons. The molecule has 2 rings (SSSR count). The molecular weight excluding hydrogens is 329 g/mol. The topological polar surface area (TPSA) is 59.6 Å². The second-order valence-corrected chi connectivity index (χ2v) is 4.91. The Bertz CT molecular complexity index is 236. The summed E-state index contributed by atoms with van der Waals surface area (Å²) in [5.74, 6) is 1.33. The Morgan fingerprint density at radius 3 is 2.71 bits per heavy atom. The number of ether oxygens (including phenoxy) is 1. The monoisotopic (exact) mass is 353 g/mol. The normalized spacial score (nSPS) is 25.9. The standard InChI is InChI=1S/C12H23N3O.HI/c13-12(15-11-3-1-2-4-11)14-7-5-10-6-8-16-9-10;/h10-11H,1-9H2,(H3,13,14,15);1H. The fourth-order valence-electron chi connectivity index (χ4n) is 2.50. The SMILES string of the molecule is I.NC(=NCCC1CCOC1)NC1CCCC1. The van der Waals surface area contributed by atoms with Gasteiger partial charge in [-0.15, -0.1) is 24.0 Å². The molecule has 0 aromatic rings. The van der Waals surface area contributed by atoms with Crippen molar-refractivity contribution in [3.8, 4) is 0 Å². The molecule has 3 N–H and O–H groups in total. The summed E-state index contributed by atoms with van der Waals surface area (Å²) in [5, 5.41) is 3.30. The lowest BCUT2D eigenvalue weighted by Crippen LogP contribution is -2.38. The summed E-state index contributed by atoms with van der Waals surface area (Å²) < 4.78 is 5.33. The lowest BCUT2D eigenvalue weighted by Gasteiger charge is -2.12. The molecule has 2 aliphatic rings. The molecule has 0 aromatic heterocycles. The lowest BCUT2D eigenvalue weighted by atomic mass is 10.1. The molecule has 0 bridgehead atoms. The van der Waals surface area contributed by atoms with E-state index in [9.17, 15) is 0 Å². The number of nitrogens with zero attached hydrogens (tertiary/aromatic N) is 1. The van der Waals surface area contributed by atoms with Crippen LogP contribution in [0.1, 0.15) is 38.5 Å². The second-order valence-electron chi connectivity index (χ2n) is 4.91. The summed E-state index contributed by atoms with van der Waals surface area (Å²) in [6.07, 6.45) is 7.42. The third kappa shape index (κ3) is 5.42. The van der Waals surface area contributed by atoms with E-state index in [0.29, 0.717) is 17.9 Å². The smallest absolute Gasteiger partial charge is 0.188 e. The van der Waals surface area contributed by atoms with Gasteiger partial charge >= 0.3 is 0 Å². The number of rotatable bonds is 4. The molecule has 0 aromatic carbocycles. The minimum absolute atomic E-state index is 0. The molecule has 5 heteroatoms. The van der Waals surface area contributed by atoms with Crippen molar-refractivity contribution >= 4 is 29.9 Å². The highest BCUT2D eigenvalue weighted by atomic mass is 127. The third-order valence-corrected chi connectivity index (χ3v) is 3.55. The van der Waals surface area contributed by atoms with E-state index in [2.05, 4.69) is 10.3 Å². The van der Waals surface area contributed by atoms with Crippen molar-refractivity contribution in [2.75, 3.05) is 19.8 Å². The van der Waals surface area contributed by atoms with Gasteiger partial charge in [0, 0.05) is 25.8 Å². The zero-order valence-corrected chi connectivity index (χ0v) is 12.7. The number of nitrogens with one attached hydrogen (secondary N) is 1. The Labute approximate surface area is 121 Å². The second kappa shape index (κ2) is 8.13. The van der Waals surface area contributed by atoms with Gasteiger partial charge in [-0.05, 0) is 31.6 Å². The van der Waals surface area contributed by atoms with Crippen LogP contribution in [0, 0.1) is 5.92 Å². The minimum Gasteiger partial charge on any atom is -0.381 e. The van der Waals surface area contributed by atoms with Crippen molar-refractivity contribution < 1.29 is 4.74 Å². The minimum atomic E-state index is 0. The van der Waals surface area contributed by atoms with E-state index in [1.165, 1.54) is 32.1 Å². The molecule has 1 saturated carbocycles. The molecule has 1 unspecified atom stereocenters. The maximum atomic E-state index is 5.85. The first kappa shape index (κ1) is 15.0. The van der Waals surface area contributed by atoms with Crippen LogP contribution in [-0.4, -0.2) is 31.8 Å². The van der Waals surface area contributed by atoms with E-state index >= 15 is 0 Å². The molecule has 1 aliphatic carbocycles. The van der Waals surface area contributed by atoms with E-state index in [0.717, 1.165) is 26.2 Å². The number of nitrogens with two attached hydrogens (primary N) is 1. The third-order valence-electron chi connectivity index (χ3n) is 3.55. The van der Waals surface area contributed by atoms with E-state index in [1.54, 1.807) is 0 Å². The molecule has 17 heavy (non-hydrogen) atoms. The van der Waals surface area contributed by atoms with Crippen molar-refractivity contribution in [2.24, 2.45) is 16.6 Å². The van der Waals surface area contributed by atoms with Gasteiger partial charge in [-0.25, -0.2) is 0 Å². The van der Waals surface area contributed by atoms with Gasteiger partial charge in [0.05, 0.1) is 0 Å². The first-order chi connectivity index (χ1) is 7.84. The van der Waals surface area contributed by atoms with E-state index < -0.39 is 0 Å². The number of hydrogen-bond donors (Lipinski definition) is 2. The van der Waals surface area contributed by atoms with Crippen LogP contribution in [0.4, 0.5) is 0 Å². The van der Waals surface area contributed by atoms with Gasteiger partial charge < -0.3 is 15.8 Å². The highest BCUT2D eigenvalue weighted by Crippen LogP contribution is 2.17. The molecule has 1 saturated heterocycles. The van der Waals surface area contributed by atoms with Crippen LogP contribution in [0.2, 0.25) is 0 Å². The number of halogens is 1. The summed E-state index contributed by atoms with van der Waals surface area (Å²) in [5.41, 5.74) is 5.85. The fraction of sp³-hybridized carbons (Fsp3) is 0.917. The predicted molar refractivity (Wildman–Crippen MR) is 80.8 cm³/mol. The summed E-state index contributed by atoms with van der Waals surface area (Å²) in [4.78, 5) is 4.38. The number of guanidine groups is 1. The van der Waals surface area contributed by atoms with E-state index in [-0.39, 0.29) is 24.0 Å². The molecule has 1 atom stereocenters. The quantitative estimate of drug-likeness (QED) is 0.461. The Kier molecular flexibility index (Phi) is 7.18. The molecule has 4 nitrogen and oxygen atoms in total. The molecule has 0 amide bonds. The molecule has 100 valence electrons. The molecule has 1 heterocycles. The van der Waals surface area contributed by atoms with E-state index in [4.69, 9.17) is 10.5 Å². The van der Waals surface area contributed by atoms with Crippen LogP contribution in [0.25, 0.3) is 0 Å². The van der Waals surface area contributed by atoms with Crippen molar-refractivity contribution in [3.05, 3.63) is 0 Å².